The van der Waals surface area contributed by atoms with Crippen molar-refractivity contribution in [3.8, 4) is 0 Å². The highest BCUT2D eigenvalue weighted by Crippen LogP contribution is 2.31. The highest BCUT2D eigenvalue weighted by Gasteiger charge is 2.14. The Kier molecular flexibility index (Phi) is 5.44. The van der Waals surface area contributed by atoms with Gasteiger partial charge in [0.15, 0.2) is 0 Å². The molecule has 0 saturated heterocycles. The van der Waals surface area contributed by atoms with Crippen molar-refractivity contribution in [2.24, 2.45) is 0 Å². The zero-order chi connectivity index (χ0) is 15.6. The fourth-order valence-electron chi connectivity index (χ4n) is 1.94. The van der Waals surface area contributed by atoms with E-state index < -0.39 is 17.7 Å². The first-order valence-corrected chi connectivity index (χ1v) is 7.34. The van der Waals surface area contributed by atoms with E-state index in [1.165, 1.54) is 0 Å². The van der Waals surface area contributed by atoms with Crippen molar-refractivity contribution in [1.29, 1.82) is 0 Å². The maximum Gasteiger partial charge on any atom is 0.128 e. The van der Waals surface area contributed by atoms with Gasteiger partial charge < -0.3 is 5.32 Å². The highest BCUT2D eigenvalue weighted by atomic mass is 35.5. The van der Waals surface area contributed by atoms with Gasteiger partial charge in [0.2, 0.25) is 0 Å². The summed E-state index contributed by atoms with van der Waals surface area (Å²) < 4.78 is 26.9. The molecule has 0 amide bonds. The van der Waals surface area contributed by atoms with E-state index in [2.05, 4.69) is 5.32 Å². The van der Waals surface area contributed by atoms with Crippen molar-refractivity contribution in [3.05, 3.63) is 68.2 Å². The third-order valence-corrected chi connectivity index (χ3v) is 4.35. The Morgan fingerprint density at radius 2 is 1.71 bits per heavy atom. The normalized spacial score (nSPS) is 12.5. The zero-order valence-corrected chi connectivity index (χ0v) is 13.3. The van der Waals surface area contributed by atoms with E-state index in [1.54, 1.807) is 19.1 Å². The van der Waals surface area contributed by atoms with Crippen molar-refractivity contribution in [2.45, 2.75) is 19.5 Å². The van der Waals surface area contributed by atoms with Crippen LogP contribution in [0, 0.1) is 11.6 Å². The number of hydrogen-bond acceptors (Lipinski definition) is 1. The number of rotatable bonds is 4. The molecule has 0 aliphatic heterocycles. The number of benzene rings is 2. The molecule has 0 heterocycles. The van der Waals surface area contributed by atoms with Crippen molar-refractivity contribution in [3.63, 3.8) is 0 Å². The van der Waals surface area contributed by atoms with Crippen LogP contribution >= 0.6 is 34.8 Å². The maximum atomic E-state index is 13.7. The molecule has 0 fully saturated rings. The second-order valence-electron chi connectivity index (χ2n) is 4.59. The van der Waals surface area contributed by atoms with E-state index in [4.69, 9.17) is 34.8 Å². The minimum absolute atomic E-state index is 0.240. The van der Waals surface area contributed by atoms with Crippen LogP contribution in [0.5, 0.6) is 0 Å². The number of halogens is 5. The van der Waals surface area contributed by atoms with Crippen molar-refractivity contribution < 1.29 is 8.78 Å². The number of nitrogens with one attached hydrogen (secondary N) is 1. The fourth-order valence-corrected chi connectivity index (χ4v) is 2.62. The van der Waals surface area contributed by atoms with E-state index in [0.29, 0.717) is 20.6 Å². The molecule has 0 aliphatic rings. The summed E-state index contributed by atoms with van der Waals surface area (Å²) in [4.78, 5) is 0. The summed E-state index contributed by atoms with van der Waals surface area (Å²) in [5.41, 5.74) is 0.860. The largest absolute Gasteiger partial charge is 0.306 e. The second-order valence-corrected chi connectivity index (χ2v) is 5.78. The Bertz CT molecular complexity index is 662. The molecule has 2 rings (SSSR count). The first-order chi connectivity index (χ1) is 9.90. The summed E-state index contributed by atoms with van der Waals surface area (Å²) in [6, 6.07) is 6.17. The van der Waals surface area contributed by atoms with Gasteiger partial charge in [-0.3, -0.25) is 0 Å². The van der Waals surface area contributed by atoms with E-state index in [1.807, 2.05) is 0 Å². The third kappa shape index (κ3) is 3.86. The molecule has 1 N–H and O–H groups in total. The molecular weight excluding hydrogens is 339 g/mol. The average Bonchev–Trinajstić information content (AvgIpc) is 2.45. The first kappa shape index (κ1) is 16.5. The van der Waals surface area contributed by atoms with Gasteiger partial charge in [-0.2, -0.15) is 0 Å². The molecule has 21 heavy (non-hydrogen) atoms. The molecule has 0 aliphatic carbocycles. The molecule has 0 aromatic heterocycles. The summed E-state index contributed by atoms with van der Waals surface area (Å²) >= 11 is 18.1. The Balaban J connectivity index is 2.17. The van der Waals surface area contributed by atoms with E-state index in [9.17, 15) is 8.78 Å². The monoisotopic (exact) mass is 349 g/mol. The lowest BCUT2D eigenvalue weighted by molar-refractivity contribution is 0.519. The molecule has 2 aromatic rings. The minimum atomic E-state index is -0.487. The van der Waals surface area contributed by atoms with Gasteiger partial charge >= 0.3 is 0 Å². The molecule has 112 valence electrons. The van der Waals surface area contributed by atoms with Gasteiger partial charge in [-0.1, -0.05) is 34.8 Å². The molecule has 1 nitrogen and oxygen atoms in total. The van der Waals surface area contributed by atoms with Crippen LogP contribution in [0.2, 0.25) is 15.1 Å². The quantitative estimate of drug-likeness (QED) is 0.690. The van der Waals surface area contributed by atoms with Gasteiger partial charge in [0, 0.05) is 28.7 Å². The molecular formula is C15H12Cl3F2N. The lowest BCUT2D eigenvalue weighted by Crippen LogP contribution is -2.19. The lowest BCUT2D eigenvalue weighted by atomic mass is 10.1. The van der Waals surface area contributed by atoms with Crippen LogP contribution in [0.15, 0.2) is 30.3 Å². The van der Waals surface area contributed by atoms with Gasteiger partial charge in [-0.25, -0.2) is 8.78 Å². The Hall–Kier alpha value is -0.870. The Morgan fingerprint density at radius 3 is 2.43 bits per heavy atom. The van der Waals surface area contributed by atoms with Gasteiger partial charge in [-0.05, 0) is 37.3 Å². The molecule has 0 saturated carbocycles. The Labute approximate surface area is 136 Å². The molecule has 1 unspecified atom stereocenters. The molecule has 0 bridgehead atoms. The fraction of sp³-hybridized carbons (Fsp3) is 0.200. The summed E-state index contributed by atoms with van der Waals surface area (Å²) in [6.07, 6.45) is 0. The standard InChI is InChI=1S/C15H12Cl3F2N/c1-8(10-6-9(19)2-5-14(10)20)21-7-11-12(16)3-4-13(17)15(11)18/h2-6,8,21H,7H2,1H3. The van der Waals surface area contributed by atoms with Gasteiger partial charge in [0.1, 0.15) is 11.6 Å². The SMILES string of the molecule is CC(NCc1c(Cl)ccc(Cl)c1Cl)c1cc(F)ccc1F. The Morgan fingerprint density at radius 1 is 1.05 bits per heavy atom. The molecule has 6 heteroatoms. The maximum absolute atomic E-state index is 13.7. The topological polar surface area (TPSA) is 12.0 Å². The molecule has 0 radical (unpaired) electrons. The van der Waals surface area contributed by atoms with E-state index in [0.717, 1.165) is 18.2 Å². The first-order valence-electron chi connectivity index (χ1n) is 6.21. The minimum Gasteiger partial charge on any atom is -0.306 e. The smallest absolute Gasteiger partial charge is 0.128 e. The molecule has 2 aromatic carbocycles. The van der Waals surface area contributed by atoms with Crippen LogP contribution in [0.3, 0.4) is 0 Å². The summed E-state index contributed by atoms with van der Waals surface area (Å²) in [6.45, 7) is 2.01. The predicted molar refractivity (Wildman–Crippen MR) is 83.1 cm³/mol. The van der Waals surface area contributed by atoms with Crippen LogP contribution in [-0.4, -0.2) is 0 Å². The van der Waals surface area contributed by atoms with Crippen molar-refractivity contribution in [1.82, 2.24) is 5.32 Å². The van der Waals surface area contributed by atoms with Crippen LogP contribution in [0.1, 0.15) is 24.1 Å². The van der Waals surface area contributed by atoms with Crippen LogP contribution in [0.25, 0.3) is 0 Å². The van der Waals surface area contributed by atoms with Crippen molar-refractivity contribution >= 4 is 34.8 Å². The lowest BCUT2D eigenvalue weighted by Gasteiger charge is -2.17. The van der Waals surface area contributed by atoms with Gasteiger partial charge in [0.25, 0.3) is 0 Å². The average molecular weight is 351 g/mol. The molecule has 1 atom stereocenters. The van der Waals surface area contributed by atoms with Crippen LogP contribution < -0.4 is 5.32 Å². The summed E-state index contributed by atoms with van der Waals surface area (Å²) in [5, 5.41) is 4.26. The predicted octanol–water partition coefficient (Wildman–Crippen LogP) is 5.78. The van der Waals surface area contributed by atoms with Crippen LogP contribution in [0.4, 0.5) is 8.78 Å². The van der Waals surface area contributed by atoms with Gasteiger partial charge in [-0.15, -0.1) is 0 Å². The number of hydrogen-bond donors (Lipinski definition) is 1. The van der Waals surface area contributed by atoms with E-state index in [-0.39, 0.29) is 12.1 Å². The molecule has 0 spiro atoms. The van der Waals surface area contributed by atoms with Crippen LogP contribution in [-0.2, 0) is 6.54 Å². The van der Waals surface area contributed by atoms with E-state index >= 15 is 0 Å². The summed E-state index contributed by atoms with van der Waals surface area (Å²) in [7, 11) is 0. The van der Waals surface area contributed by atoms with Gasteiger partial charge in [0.05, 0.1) is 10.0 Å². The second kappa shape index (κ2) is 6.93. The summed E-state index contributed by atoms with van der Waals surface area (Å²) in [5.74, 6) is -0.960. The van der Waals surface area contributed by atoms with Crippen molar-refractivity contribution in [2.75, 3.05) is 0 Å². The zero-order valence-electron chi connectivity index (χ0n) is 11.1. The third-order valence-electron chi connectivity index (χ3n) is 3.15. The highest BCUT2D eigenvalue weighted by molar-refractivity contribution is 6.44.